The van der Waals surface area contributed by atoms with Gasteiger partial charge in [0.2, 0.25) is 10.0 Å². The van der Waals surface area contributed by atoms with E-state index in [4.69, 9.17) is 10.4 Å². The van der Waals surface area contributed by atoms with E-state index in [-0.39, 0.29) is 30.9 Å². The van der Waals surface area contributed by atoms with Crippen molar-refractivity contribution in [3.63, 3.8) is 0 Å². The van der Waals surface area contributed by atoms with Crippen LogP contribution in [0.15, 0.2) is 0 Å². The third kappa shape index (κ3) is 7.71. The second-order valence-electron chi connectivity index (χ2n) is 4.22. The van der Waals surface area contributed by atoms with Crippen LogP contribution < -0.4 is 4.72 Å². The maximum Gasteiger partial charge on any atom is 0.321 e. The first-order chi connectivity index (χ1) is 7.78. The number of unbranched alkanes of at least 4 members (excludes halogenated alkanes) is 1. The molecule has 0 aliphatic heterocycles. The highest BCUT2D eigenvalue weighted by molar-refractivity contribution is 7.89. The van der Waals surface area contributed by atoms with Crippen LogP contribution in [-0.4, -0.2) is 31.3 Å². The molecule has 0 aromatic carbocycles. The molecule has 0 spiro atoms. The summed E-state index contributed by atoms with van der Waals surface area (Å²) in [5.74, 6) is -1.32. The SMILES string of the molecule is CC(C)C[C@@H](NS(=O)(=O)CCCC#N)C(=O)O. The standard InChI is InChI=1S/C10H18N2O4S/c1-8(2)7-9(10(13)14)12-17(15,16)6-4-3-5-11/h8-9,12H,3-4,6-7H2,1-2H3,(H,13,14)/t9-/m1/s1. The van der Waals surface area contributed by atoms with Gasteiger partial charge in [0.25, 0.3) is 0 Å². The van der Waals surface area contributed by atoms with E-state index in [1.807, 2.05) is 19.9 Å². The third-order valence-corrected chi connectivity index (χ3v) is 3.50. The van der Waals surface area contributed by atoms with Crippen LogP contribution in [-0.2, 0) is 14.8 Å². The van der Waals surface area contributed by atoms with E-state index in [9.17, 15) is 13.2 Å². The van der Waals surface area contributed by atoms with E-state index < -0.39 is 22.0 Å². The monoisotopic (exact) mass is 262 g/mol. The molecule has 98 valence electrons. The second-order valence-corrected chi connectivity index (χ2v) is 6.09. The number of nitrogens with one attached hydrogen (secondary N) is 1. The zero-order valence-corrected chi connectivity index (χ0v) is 10.8. The third-order valence-electron chi connectivity index (χ3n) is 2.03. The van der Waals surface area contributed by atoms with E-state index in [0.717, 1.165) is 0 Å². The molecule has 6 nitrogen and oxygen atoms in total. The predicted octanol–water partition coefficient (Wildman–Crippen LogP) is 0.709. The molecule has 17 heavy (non-hydrogen) atoms. The van der Waals surface area contributed by atoms with Crippen LogP contribution >= 0.6 is 0 Å². The number of nitrogens with zero attached hydrogens (tertiary/aromatic N) is 1. The minimum absolute atomic E-state index is 0.0814. The van der Waals surface area contributed by atoms with Gasteiger partial charge < -0.3 is 5.11 Å². The number of carbonyl (C=O) groups is 1. The molecule has 0 saturated carbocycles. The average Bonchev–Trinajstić information content (AvgIpc) is 2.15. The van der Waals surface area contributed by atoms with Gasteiger partial charge in [-0.15, -0.1) is 0 Å². The van der Waals surface area contributed by atoms with Crippen molar-refractivity contribution in [3.05, 3.63) is 0 Å². The molecule has 0 amide bonds. The minimum atomic E-state index is -3.63. The molecular weight excluding hydrogens is 244 g/mol. The number of sulfonamides is 1. The zero-order chi connectivity index (χ0) is 13.5. The normalized spacial score (nSPS) is 13.3. The van der Waals surface area contributed by atoms with Crippen molar-refractivity contribution in [1.29, 1.82) is 5.26 Å². The highest BCUT2D eigenvalue weighted by Crippen LogP contribution is 2.07. The van der Waals surface area contributed by atoms with Crippen LogP contribution in [0.2, 0.25) is 0 Å². The molecule has 0 unspecified atom stereocenters. The Balaban J connectivity index is 4.43. The molecule has 0 aromatic rings. The van der Waals surface area contributed by atoms with Gasteiger partial charge in [0, 0.05) is 6.42 Å². The van der Waals surface area contributed by atoms with Crippen LogP contribution in [0.5, 0.6) is 0 Å². The van der Waals surface area contributed by atoms with Crippen LogP contribution in [0.25, 0.3) is 0 Å². The maximum atomic E-state index is 11.5. The van der Waals surface area contributed by atoms with Gasteiger partial charge in [0.1, 0.15) is 6.04 Å². The lowest BCUT2D eigenvalue weighted by Crippen LogP contribution is -2.42. The number of carboxylic acids is 1. The first kappa shape index (κ1) is 15.9. The van der Waals surface area contributed by atoms with Gasteiger partial charge in [-0.25, -0.2) is 13.1 Å². The summed E-state index contributed by atoms with van der Waals surface area (Å²) in [5, 5.41) is 17.2. The summed E-state index contributed by atoms with van der Waals surface area (Å²) in [6.45, 7) is 3.64. The summed E-state index contributed by atoms with van der Waals surface area (Å²) < 4.78 is 25.2. The average molecular weight is 262 g/mol. The van der Waals surface area contributed by atoms with Crippen LogP contribution in [0, 0.1) is 17.2 Å². The highest BCUT2D eigenvalue weighted by atomic mass is 32.2. The van der Waals surface area contributed by atoms with Gasteiger partial charge in [-0.05, 0) is 18.8 Å². The highest BCUT2D eigenvalue weighted by Gasteiger charge is 2.24. The molecule has 0 saturated heterocycles. The molecular formula is C10H18N2O4S. The lowest BCUT2D eigenvalue weighted by atomic mass is 10.1. The molecule has 0 rings (SSSR count). The van der Waals surface area contributed by atoms with Gasteiger partial charge in [-0.2, -0.15) is 5.26 Å². The lowest BCUT2D eigenvalue weighted by molar-refractivity contribution is -0.139. The fourth-order valence-electron chi connectivity index (χ4n) is 1.29. The molecule has 0 aliphatic rings. The smallest absolute Gasteiger partial charge is 0.321 e. The predicted molar refractivity (Wildman–Crippen MR) is 62.6 cm³/mol. The van der Waals surface area contributed by atoms with E-state index in [0.29, 0.717) is 0 Å². The number of aliphatic carboxylic acids is 1. The minimum Gasteiger partial charge on any atom is -0.480 e. The Kier molecular flexibility index (Phi) is 6.76. The summed E-state index contributed by atoms with van der Waals surface area (Å²) in [6.07, 6.45) is 0.593. The first-order valence-corrected chi connectivity index (χ1v) is 7.03. The van der Waals surface area contributed by atoms with Gasteiger partial charge in [0.15, 0.2) is 0 Å². The van der Waals surface area contributed by atoms with Gasteiger partial charge in [0.05, 0.1) is 11.8 Å². The number of nitriles is 1. The lowest BCUT2D eigenvalue weighted by Gasteiger charge is -2.16. The van der Waals surface area contributed by atoms with Gasteiger partial charge in [-0.3, -0.25) is 4.79 Å². The Morgan fingerprint density at radius 1 is 1.47 bits per heavy atom. The van der Waals surface area contributed by atoms with Crippen molar-refractivity contribution in [2.75, 3.05) is 5.75 Å². The fourth-order valence-corrected chi connectivity index (χ4v) is 2.56. The number of hydrogen-bond acceptors (Lipinski definition) is 4. The topological polar surface area (TPSA) is 107 Å². The molecule has 1 atom stereocenters. The number of rotatable bonds is 8. The summed E-state index contributed by atoms with van der Waals surface area (Å²) in [5.41, 5.74) is 0. The summed E-state index contributed by atoms with van der Waals surface area (Å²) >= 11 is 0. The van der Waals surface area contributed by atoms with Crippen molar-refractivity contribution in [1.82, 2.24) is 4.72 Å². The Bertz CT molecular complexity index is 384. The molecule has 0 bridgehead atoms. The van der Waals surface area contributed by atoms with E-state index in [1.165, 1.54) is 0 Å². The maximum absolute atomic E-state index is 11.5. The van der Waals surface area contributed by atoms with Crippen molar-refractivity contribution in [2.45, 2.75) is 39.2 Å². The van der Waals surface area contributed by atoms with Crippen LogP contribution in [0.3, 0.4) is 0 Å². The molecule has 0 aliphatic carbocycles. The molecule has 2 N–H and O–H groups in total. The summed E-state index contributed by atoms with van der Waals surface area (Å²) in [7, 11) is -3.63. The van der Waals surface area contributed by atoms with E-state index in [2.05, 4.69) is 4.72 Å². The molecule has 0 heterocycles. The summed E-state index contributed by atoms with van der Waals surface area (Å²) in [4.78, 5) is 10.9. The number of hydrogen-bond donors (Lipinski definition) is 2. The molecule has 0 radical (unpaired) electrons. The Hall–Kier alpha value is -1.13. The van der Waals surface area contributed by atoms with Crippen LogP contribution in [0.1, 0.15) is 33.1 Å². The first-order valence-electron chi connectivity index (χ1n) is 5.38. The number of carboxylic acid groups (broad SMARTS) is 1. The van der Waals surface area contributed by atoms with Crippen molar-refractivity contribution in [2.24, 2.45) is 5.92 Å². The molecule has 0 aromatic heterocycles. The quantitative estimate of drug-likeness (QED) is 0.626. The van der Waals surface area contributed by atoms with Crippen molar-refractivity contribution < 1.29 is 18.3 Å². The van der Waals surface area contributed by atoms with Crippen LogP contribution in [0.4, 0.5) is 0 Å². The van der Waals surface area contributed by atoms with Crippen molar-refractivity contribution in [3.8, 4) is 6.07 Å². The molecule has 0 fully saturated rings. The summed E-state index contributed by atoms with van der Waals surface area (Å²) in [6, 6.07) is 0.745. The van der Waals surface area contributed by atoms with Gasteiger partial charge in [-0.1, -0.05) is 13.8 Å². The fraction of sp³-hybridized carbons (Fsp3) is 0.800. The van der Waals surface area contributed by atoms with Crippen molar-refractivity contribution >= 4 is 16.0 Å². The van der Waals surface area contributed by atoms with E-state index >= 15 is 0 Å². The molecule has 7 heteroatoms. The largest absolute Gasteiger partial charge is 0.480 e. The van der Waals surface area contributed by atoms with Gasteiger partial charge >= 0.3 is 5.97 Å². The Labute approximate surface area is 102 Å². The Morgan fingerprint density at radius 3 is 2.47 bits per heavy atom. The second kappa shape index (κ2) is 7.25. The zero-order valence-electron chi connectivity index (χ0n) is 10.0. The Morgan fingerprint density at radius 2 is 2.06 bits per heavy atom. The van der Waals surface area contributed by atoms with E-state index in [1.54, 1.807) is 0 Å².